The van der Waals surface area contributed by atoms with E-state index in [1.165, 1.54) is 5.01 Å². The van der Waals surface area contributed by atoms with Crippen molar-refractivity contribution in [1.82, 2.24) is 26.3 Å². The van der Waals surface area contributed by atoms with Crippen molar-refractivity contribution in [2.75, 3.05) is 205 Å². The third-order valence-corrected chi connectivity index (χ3v) is 11.3. The molecule has 26 nitrogen and oxygen atoms in total. The Hall–Kier alpha value is -3.71. The third kappa shape index (κ3) is 61.2. The number of ether oxygens (including phenoxy) is 14. The molecule has 0 fully saturated rings. The number of Topliss-reactive ketones (excluding diaryl/α,β-unsaturated/α-hetero) is 1. The van der Waals surface area contributed by atoms with Gasteiger partial charge in [-0.1, -0.05) is 27.2 Å². The van der Waals surface area contributed by atoms with Crippen molar-refractivity contribution in [2.45, 2.75) is 117 Å². The van der Waals surface area contributed by atoms with Crippen LogP contribution < -0.4 is 32.8 Å². The third-order valence-electron chi connectivity index (χ3n) is 11.3. The number of ketones is 1. The van der Waals surface area contributed by atoms with Gasteiger partial charge in [0.1, 0.15) is 5.78 Å². The van der Waals surface area contributed by atoms with E-state index in [4.69, 9.17) is 77.9 Å². The number of hydrogen-bond donors (Lipinski definition) is 6. The fourth-order valence-electron chi connectivity index (χ4n) is 6.83. The molecule has 0 aromatic carbocycles. The molecule has 0 spiro atoms. The predicted octanol–water partition coefficient (Wildman–Crippen LogP) is 1.97. The molecule has 0 heterocycles. The van der Waals surface area contributed by atoms with Crippen molar-refractivity contribution in [2.24, 2.45) is 17.5 Å². The van der Waals surface area contributed by atoms with E-state index in [9.17, 15) is 24.0 Å². The van der Waals surface area contributed by atoms with E-state index in [1.54, 1.807) is 6.20 Å². The molecule has 488 valence electrons. The Morgan fingerprint density at radius 3 is 1.20 bits per heavy atom. The summed E-state index contributed by atoms with van der Waals surface area (Å²) in [7, 11) is 0. The summed E-state index contributed by atoms with van der Waals surface area (Å²) >= 11 is 0. The topological polar surface area (TPSA) is 318 Å². The summed E-state index contributed by atoms with van der Waals surface area (Å²) in [4.78, 5) is 61.7. The highest BCUT2D eigenvalue weighted by molar-refractivity contribution is 5.80. The predicted molar refractivity (Wildman–Crippen MR) is 312 cm³/mol. The molecule has 8 N–H and O–H groups in total. The van der Waals surface area contributed by atoms with Crippen molar-refractivity contribution in [3.8, 4) is 0 Å². The van der Waals surface area contributed by atoms with Gasteiger partial charge in [-0.05, 0) is 46.0 Å². The maximum absolute atomic E-state index is 13.0. The number of unbranched alkanes of at least 4 members (excludes halogenated alkanes) is 2. The van der Waals surface area contributed by atoms with E-state index in [2.05, 4.69) is 28.2 Å². The summed E-state index contributed by atoms with van der Waals surface area (Å²) in [6, 6.07) is -0.518. The van der Waals surface area contributed by atoms with Crippen LogP contribution in [0.1, 0.15) is 105 Å². The van der Waals surface area contributed by atoms with Crippen LogP contribution in [0.2, 0.25) is 0 Å². The highest BCUT2D eigenvalue weighted by atomic mass is 16.6. The van der Waals surface area contributed by atoms with Gasteiger partial charge in [0, 0.05) is 82.7 Å². The average molecular weight is 1200 g/mol. The summed E-state index contributed by atoms with van der Waals surface area (Å²) in [6.45, 7) is 22.2. The minimum absolute atomic E-state index is 0.0250. The van der Waals surface area contributed by atoms with Gasteiger partial charge in [0.25, 0.3) is 0 Å². The standard InChI is InChI=1S/C57H111N7O19/c1-6-21-70-28-33-75-38-40-77-36-31-73-26-18-61-55(67)15-23-81-47-52(48-82-24-16-56(68)62-19-27-74-32-37-79-42-43-80-44-45-83-50(4)5)63-57(69)12-8-7-9-20-64(59)46-51(58)11-10-13-54(66)60-17-25-72-30-35-78-41-39-76-34-29-71-22-14-53(65)49(2)3/h46,49-50,52H,6-45,47-48,58-59H2,1-5H3,(H,60,66)(H,61,67)(H,62,68)(H,63,69)/b51-46-. The van der Waals surface area contributed by atoms with E-state index in [1.807, 2.05) is 27.7 Å². The van der Waals surface area contributed by atoms with Gasteiger partial charge in [-0.2, -0.15) is 0 Å². The fraction of sp³-hybridized carbons (Fsp3) is 0.877. The van der Waals surface area contributed by atoms with Crippen LogP contribution in [0.4, 0.5) is 0 Å². The number of nitrogens with one attached hydrogen (secondary N) is 4. The molecule has 83 heavy (non-hydrogen) atoms. The number of hydrazine groups is 1. The molecule has 4 amide bonds. The Balaban J connectivity index is 4.42. The second-order valence-corrected chi connectivity index (χ2v) is 19.6. The molecule has 0 aromatic heterocycles. The van der Waals surface area contributed by atoms with E-state index in [-0.39, 0.29) is 87.1 Å². The Morgan fingerprint density at radius 1 is 0.410 bits per heavy atom. The molecule has 0 aliphatic rings. The number of nitrogens with zero attached hydrogens (tertiary/aromatic N) is 1. The second-order valence-electron chi connectivity index (χ2n) is 19.6. The van der Waals surface area contributed by atoms with Crippen molar-refractivity contribution >= 4 is 29.4 Å². The van der Waals surface area contributed by atoms with Gasteiger partial charge in [-0.15, -0.1) is 0 Å². The molecule has 0 rings (SSSR count). The van der Waals surface area contributed by atoms with Crippen LogP contribution in [-0.4, -0.2) is 251 Å². The Bertz CT molecular complexity index is 1560. The van der Waals surface area contributed by atoms with Crippen molar-refractivity contribution < 1.29 is 90.3 Å². The lowest BCUT2D eigenvalue weighted by molar-refractivity contribution is -0.125. The van der Waals surface area contributed by atoms with E-state index < -0.39 is 6.04 Å². The van der Waals surface area contributed by atoms with Crippen LogP contribution in [-0.2, 0) is 90.3 Å². The number of amides is 4. The Labute approximate surface area is 495 Å². The lowest BCUT2D eigenvalue weighted by Crippen LogP contribution is -2.42. The van der Waals surface area contributed by atoms with Crippen molar-refractivity contribution in [3.05, 3.63) is 11.9 Å². The number of rotatable bonds is 65. The molecular weight excluding hydrogens is 1090 g/mol. The molecule has 0 aromatic rings. The average Bonchev–Trinajstić information content (AvgIpc) is 3.45. The summed E-state index contributed by atoms with van der Waals surface area (Å²) < 4.78 is 77.1. The van der Waals surface area contributed by atoms with Crippen LogP contribution in [0, 0.1) is 5.92 Å². The van der Waals surface area contributed by atoms with Crippen LogP contribution in [0.15, 0.2) is 11.9 Å². The minimum atomic E-state index is -0.518. The number of carbonyl (C=O) groups excluding carboxylic acids is 5. The largest absolute Gasteiger partial charge is 0.401 e. The number of carbonyl (C=O) groups is 5. The smallest absolute Gasteiger partial charge is 0.222 e. The molecular formula is C57H111N7O19. The zero-order valence-corrected chi connectivity index (χ0v) is 51.4. The second kappa shape index (κ2) is 61.4. The summed E-state index contributed by atoms with van der Waals surface area (Å²) in [5, 5.41) is 12.9. The van der Waals surface area contributed by atoms with Crippen molar-refractivity contribution in [3.63, 3.8) is 0 Å². The van der Waals surface area contributed by atoms with Crippen molar-refractivity contribution in [1.29, 1.82) is 0 Å². The normalized spacial score (nSPS) is 12.1. The lowest BCUT2D eigenvalue weighted by Gasteiger charge is -2.19. The SMILES string of the molecule is CCCOCCOCCOCCOCCNC(=O)CCOCC(COCCC(=O)NCCOCCOCCOCCOC(C)C)NC(=O)CCCCCN(N)/C=C(\N)CCCC(=O)NCCOCCOCCOCCOCCC(=O)C(C)C. The van der Waals surface area contributed by atoms with Gasteiger partial charge in [-0.3, -0.25) is 24.0 Å². The fourth-order valence-corrected chi connectivity index (χ4v) is 6.83. The monoisotopic (exact) mass is 1200 g/mol. The molecule has 0 saturated heterocycles. The van der Waals surface area contributed by atoms with Gasteiger partial charge < -0.3 is 98.3 Å². The highest BCUT2D eigenvalue weighted by Gasteiger charge is 2.15. The van der Waals surface area contributed by atoms with E-state index >= 15 is 0 Å². The summed E-state index contributed by atoms with van der Waals surface area (Å²) in [5.74, 6) is 5.70. The van der Waals surface area contributed by atoms with Gasteiger partial charge in [0.15, 0.2) is 0 Å². The molecule has 0 radical (unpaired) electrons. The van der Waals surface area contributed by atoms with Gasteiger partial charge in [0.05, 0.1) is 184 Å². The van der Waals surface area contributed by atoms with E-state index in [0.29, 0.717) is 209 Å². The van der Waals surface area contributed by atoms with Crippen LogP contribution >= 0.6 is 0 Å². The maximum Gasteiger partial charge on any atom is 0.222 e. The van der Waals surface area contributed by atoms with Gasteiger partial charge in [-0.25, -0.2) is 5.84 Å². The van der Waals surface area contributed by atoms with Gasteiger partial charge in [0.2, 0.25) is 23.6 Å². The molecule has 26 heteroatoms. The molecule has 1 atom stereocenters. The summed E-state index contributed by atoms with van der Waals surface area (Å²) in [6.07, 6.45) is 7.16. The van der Waals surface area contributed by atoms with Crippen LogP contribution in [0.3, 0.4) is 0 Å². The Kier molecular flexibility index (Phi) is 58.6. The van der Waals surface area contributed by atoms with Crippen LogP contribution in [0.25, 0.3) is 0 Å². The highest BCUT2D eigenvalue weighted by Crippen LogP contribution is 2.06. The zero-order valence-electron chi connectivity index (χ0n) is 51.4. The Morgan fingerprint density at radius 2 is 0.783 bits per heavy atom. The first-order valence-corrected chi connectivity index (χ1v) is 30.1. The quantitative estimate of drug-likeness (QED) is 0.0288. The number of allylic oxidation sites excluding steroid dienone is 1. The first-order chi connectivity index (χ1) is 40.3. The van der Waals surface area contributed by atoms with Crippen LogP contribution in [0.5, 0.6) is 0 Å². The lowest BCUT2D eigenvalue weighted by atomic mass is 10.1. The number of hydrogen-bond acceptors (Lipinski definition) is 22. The molecule has 0 saturated carbocycles. The zero-order chi connectivity index (χ0) is 60.9. The number of nitrogens with two attached hydrogens (primary N) is 2. The molecule has 0 bridgehead atoms. The van der Waals surface area contributed by atoms with Gasteiger partial charge >= 0.3 is 0 Å². The molecule has 1 unspecified atom stereocenters. The first kappa shape index (κ1) is 79.3. The maximum atomic E-state index is 13.0. The molecule has 0 aliphatic carbocycles. The first-order valence-electron chi connectivity index (χ1n) is 30.1. The van der Waals surface area contributed by atoms with E-state index in [0.717, 1.165) is 25.9 Å². The summed E-state index contributed by atoms with van der Waals surface area (Å²) in [5.41, 5.74) is 6.74. The molecule has 0 aliphatic heterocycles. The minimum Gasteiger partial charge on any atom is -0.401 e.